The highest BCUT2D eigenvalue weighted by molar-refractivity contribution is 7.21. The van der Waals surface area contributed by atoms with E-state index < -0.39 is 0 Å². The van der Waals surface area contributed by atoms with Crippen LogP contribution in [0.4, 0.5) is 5.69 Å². The molecule has 1 N–H and O–H groups in total. The summed E-state index contributed by atoms with van der Waals surface area (Å²) < 4.78 is 0.956. The first-order valence-electron chi connectivity index (χ1n) is 6.66. The highest BCUT2D eigenvalue weighted by atomic mass is 35.5. The number of hydrogen-bond donors (Lipinski definition) is 1. The van der Waals surface area contributed by atoms with Gasteiger partial charge in [-0.25, -0.2) is 0 Å². The van der Waals surface area contributed by atoms with Crippen LogP contribution in [-0.2, 0) is 0 Å². The molecule has 0 saturated carbocycles. The van der Waals surface area contributed by atoms with Crippen LogP contribution in [0.1, 0.15) is 27.0 Å². The number of benzene rings is 2. The van der Waals surface area contributed by atoms with E-state index in [-0.39, 0.29) is 11.7 Å². The van der Waals surface area contributed by atoms with E-state index in [0.29, 0.717) is 21.2 Å². The van der Waals surface area contributed by atoms with Gasteiger partial charge in [-0.15, -0.1) is 11.3 Å². The summed E-state index contributed by atoms with van der Waals surface area (Å²) in [7, 11) is 0. The fourth-order valence-electron chi connectivity index (χ4n) is 2.24. The van der Waals surface area contributed by atoms with Crippen LogP contribution in [0.25, 0.3) is 10.1 Å². The Kier molecular flexibility index (Phi) is 3.96. The van der Waals surface area contributed by atoms with E-state index in [1.165, 1.54) is 18.3 Å². The molecule has 0 spiro atoms. The fraction of sp³-hybridized carbons (Fsp3) is 0.0588. The van der Waals surface area contributed by atoms with Crippen LogP contribution in [0.5, 0.6) is 0 Å². The maximum absolute atomic E-state index is 12.5. The van der Waals surface area contributed by atoms with Crippen molar-refractivity contribution in [3.05, 3.63) is 64.0 Å². The smallest absolute Gasteiger partial charge is 0.267 e. The lowest BCUT2D eigenvalue weighted by Crippen LogP contribution is -2.13. The Bertz CT molecular complexity index is 885. The van der Waals surface area contributed by atoms with Gasteiger partial charge in [0, 0.05) is 15.6 Å². The van der Waals surface area contributed by atoms with Gasteiger partial charge in [0.05, 0.1) is 10.7 Å². The Morgan fingerprint density at radius 3 is 2.45 bits per heavy atom. The first-order valence-corrected chi connectivity index (χ1v) is 7.85. The molecule has 0 saturated heterocycles. The maximum atomic E-state index is 12.5. The monoisotopic (exact) mass is 329 g/mol. The van der Waals surface area contributed by atoms with E-state index in [2.05, 4.69) is 5.32 Å². The lowest BCUT2D eigenvalue weighted by atomic mass is 10.1. The molecule has 1 heterocycles. The van der Waals surface area contributed by atoms with Crippen LogP contribution in [0.3, 0.4) is 0 Å². The molecule has 5 heteroatoms. The summed E-state index contributed by atoms with van der Waals surface area (Å²) in [5.74, 6) is -0.404. The number of ketones is 1. The highest BCUT2D eigenvalue weighted by Gasteiger charge is 2.18. The van der Waals surface area contributed by atoms with Crippen LogP contribution in [0.15, 0.2) is 48.5 Å². The van der Waals surface area contributed by atoms with Crippen molar-refractivity contribution in [3.63, 3.8) is 0 Å². The molecule has 0 aliphatic carbocycles. The predicted octanol–water partition coefficient (Wildman–Crippen LogP) is 5.01. The molecule has 1 amide bonds. The minimum atomic E-state index is -0.306. The van der Waals surface area contributed by atoms with Crippen molar-refractivity contribution in [1.82, 2.24) is 0 Å². The van der Waals surface area contributed by atoms with Gasteiger partial charge in [0.2, 0.25) is 0 Å². The second-order valence-electron chi connectivity index (χ2n) is 4.80. The SMILES string of the molecule is CC(=O)c1ccccc1NC(=O)c1sc2ccccc2c1Cl. The molecule has 0 fully saturated rings. The number of halogens is 1. The number of nitrogens with one attached hydrogen (secondary N) is 1. The van der Waals surface area contributed by atoms with Crippen LogP contribution in [-0.4, -0.2) is 11.7 Å². The number of anilines is 1. The summed E-state index contributed by atoms with van der Waals surface area (Å²) in [4.78, 5) is 24.5. The van der Waals surface area contributed by atoms with Crippen LogP contribution in [0.2, 0.25) is 5.02 Å². The summed E-state index contributed by atoms with van der Waals surface area (Å²) in [6.45, 7) is 1.47. The van der Waals surface area contributed by atoms with E-state index in [9.17, 15) is 9.59 Å². The third-order valence-electron chi connectivity index (χ3n) is 3.30. The zero-order valence-electron chi connectivity index (χ0n) is 11.7. The van der Waals surface area contributed by atoms with Crippen molar-refractivity contribution in [3.8, 4) is 0 Å². The number of carbonyl (C=O) groups is 2. The van der Waals surface area contributed by atoms with Crippen LogP contribution in [0, 0.1) is 0 Å². The Balaban J connectivity index is 1.98. The lowest BCUT2D eigenvalue weighted by molar-refractivity contribution is 0.101. The minimum Gasteiger partial charge on any atom is -0.321 e. The number of para-hydroxylation sites is 1. The lowest BCUT2D eigenvalue weighted by Gasteiger charge is -2.08. The van der Waals surface area contributed by atoms with E-state index >= 15 is 0 Å². The summed E-state index contributed by atoms with van der Waals surface area (Å²) in [5, 5.41) is 4.08. The molecule has 0 aliphatic heterocycles. The number of hydrogen-bond acceptors (Lipinski definition) is 3. The zero-order chi connectivity index (χ0) is 15.7. The zero-order valence-corrected chi connectivity index (χ0v) is 13.3. The molecule has 2 aromatic carbocycles. The molecule has 0 radical (unpaired) electrons. The first kappa shape index (κ1) is 14.8. The van der Waals surface area contributed by atoms with Crippen molar-refractivity contribution in [2.75, 3.05) is 5.32 Å². The number of rotatable bonds is 3. The summed E-state index contributed by atoms with van der Waals surface area (Å²) in [6.07, 6.45) is 0. The Morgan fingerprint density at radius 2 is 1.73 bits per heavy atom. The predicted molar refractivity (Wildman–Crippen MR) is 91.2 cm³/mol. The maximum Gasteiger partial charge on any atom is 0.267 e. The van der Waals surface area contributed by atoms with E-state index in [0.717, 1.165) is 10.1 Å². The van der Waals surface area contributed by atoms with Gasteiger partial charge in [-0.1, -0.05) is 41.9 Å². The third-order valence-corrected chi connectivity index (χ3v) is 4.97. The molecule has 3 nitrogen and oxygen atoms in total. The van der Waals surface area contributed by atoms with Gasteiger partial charge in [0.25, 0.3) is 5.91 Å². The molecule has 3 rings (SSSR count). The molecule has 0 aliphatic rings. The molecule has 1 aromatic heterocycles. The minimum absolute atomic E-state index is 0.0988. The van der Waals surface area contributed by atoms with E-state index in [1.54, 1.807) is 24.3 Å². The van der Waals surface area contributed by atoms with Gasteiger partial charge in [-0.3, -0.25) is 9.59 Å². The number of Topliss-reactive ketones (excluding diaryl/α,β-unsaturated/α-hetero) is 1. The molecular weight excluding hydrogens is 318 g/mol. The van der Waals surface area contributed by atoms with Gasteiger partial charge in [0.1, 0.15) is 4.88 Å². The fourth-order valence-corrected chi connectivity index (χ4v) is 3.65. The normalized spacial score (nSPS) is 10.6. The van der Waals surface area contributed by atoms with Crippen molar-refractivity contribution in [2.45, 2.75) is 6.92 Å². The van der Waals surface area contributed by atoms with Gasteiger partial charge in [0.15, 0.2) is 5.78 Å². The third kappa shape index (κ3) is 2.63. The molecule has 0 unspecified atom stereocenters. The Hall–Kier alpha value is -2.17. The molecule has 3 aromatic rings. The number of fused-ring (bicyclic) bond motifs is 1. The van der Waals surface area contributed by atoms with Crippen LogP contribution < -0.4 is 5.32 Å². The van der Waals surface area contributed by atoms with Gasteiger partial charge in [-0.2, -0.15) is 0 Å². The van der Waals surface area contributed by atoms with Crippen molar-refractivity contribution < 1.29 is 9.59 Å². The van der Waals surface area contributed by atoms with E-state index in [1.807, 2.05) is 24.3 Å². The summed E-state index contributed by atoms with van der Waals surface area (Å²) >= 11 is 7.64. The second-order valence-corrected chi connectivity index (χ2v) is 6.23. The van der Waals surface area contributed by atoms with E-state index in [4.69, 9.17) is 11.6 Å². The molecule has 0 bridgehead atoms. The molecular formula is C17H12ClNO2S. The van der Waals surface area contributed by atoms with Crippen LogP contribution >= 0.6 is 22.9 Å². The number of carbonyl (C=O) groups excluding carboxylic acids is 2. The topological polar surface area (TPSA) is 46.2 Å². The van der Waals surface area contributed by atoms with Crippen molar-refractivity contribution in [1.29, 1.82) is 0 Å². The first-order chi connectivity index (χ1) is 10.6. The molecule has 0 atom stereocenters. The average molecular weight is 330 g/mol. The van der Waals surface area contributed by atoms with Crippen molar-refractivity contribution >= 4 is 50.4 Å². The second kappa shape index (κ2) is 5.91. The van der Waals surface area contributed by atoms with Gasteiger partial charge >= 0.3 is 0 Å². The van der Waals surface area contributed by atoms with Crippen molar-refractivity contribution in [2.24, 2.45) is 0 Å². The van der Waals surface area contributed by atoms with Gasteiger partial charge < -0.3 is 5.32 Å². The quantitative estimate of drug-likeness (QED) is 0.686. The average Bonchev–Trinajstić information content (AvgIpc) is 2.85. The number of amides is 1. The highest BCUT2D eigenvalue weighted by Crippen LogP contribution is 2.35. The molecule has 22 heavy (non-hydrogen) atoms. The number of thiophene rings is 1. The summed E-state index contributed by atoms with van der Waals surface area (Å²) in [5.41, 5.74) is 0.974. The Labute approximate surface area is 136 Å². The summed E-state index contributed by atoms with van der Waals surface area (Å²) in [6, 6.07) is 14.5. The van der Waals surface area contributed by atoms with Gasteiger partial charge in [-0.05, 0) is 25.1 Å². The Morgan fingerprint density at radius 1 is 1.05 bits per heavy atom. The largest absolute Gasteiger partial charge is 0.321 e. The standard InChI is InChI=1S/C17H12ClNO2S/c1-10(20)11-6-2-4-8-13(11)19-17(21)16-15(18)12-7-3-5-9-14(12)22-16/h2-9H,1H3,(H,19,21). The molecule has 110 valence electrons.